The second kappa shape index (κ2) is 8.05. The number of nitrogens with one attached hydrogen (secondary N) is 1. The molecule has 2 aliphatic heterocycles. The summed E-state index contributed by atoms with van der Waals surface area (Å²) in [4.78, 5) is 24.5. The van der Waals surface area contributed by atoms with Gasteiger partial charge >= 0.3 is 0 Å². The third kappa shape index (κ3) is 3.81. The van der Waals surface area contributed by atoms with Crippen LogP contribution in [0, 0.1) is 0 Å². The van der Waals surface area contributed by atoms with Gasteiger partial charge in [-0.1, -0.05) is 18.2 Å². The first-order valence-electron chi connectivity index (χ1n) is 9.73. The van der Waals surface area contributed by atoms with Crippen molar-refractivity contribution in [1.82, 2.24) is 20.2 Å². The number of likely N-dealkylation sites (tertiary alicyclic amines) is 1. The van der Waals surface area contributed by atoms with E-state index in [0.717, 1.165) is 68.1 Å². The Hall–Kier alpha value is -2.47. The molecule has 0 aliphatic carbocycles. The largest absolute Gasteiger partial charge is 0.496 e. The third-order valence-corrected chi connectivity index (χ3v) is 5.48. The van der Waals surface area contributed by atoms with Crippen LogP contribution in [0.3, 0.4) is 0 Å². The summed E-state index contributed by atoms with van der Waals surface area (Å²) in [7, 11) is 1.64. The molecule has 1 atom stereocenters. The van der Waals surface area contributed by atoms with Gasteiger partial charge in [0.15, 0.2) is 5.82 Å². The molecule has 0 radical (unpaired) electrons. The van der Waals surface area contributed by atoms with Crippen LogP contribution in [0.2, 0.25) is 0 Å². The van der Waals surface area contributed by atoms with Crippen LogP contribution in [0.4, 0.5) is 0 Å². The van der Waals surface area contributed by atoms with Crippen LogP contribution >= 0.6 is 0 Å². The SMILES string of the molecule is COc1ccccc1CC(=O)N1CCCCC1c1ncc2c(n1)CCNC2. The van der Waals surface area contributed by atoms with E-state index in [4.69, 9.17) is 9.72 Å². The zero-order chi connectivity index (χ0) is 18.6. The lowest BCUT2D eigenvalue weighted by molar-refractivity contribution is -0.134. The highest BCUT2D eigenvalue weighted by Crippen LogP contribution is 2.31. The molecule has 1 aromatic heterocycles. The molecular formula is C21H26N4O2. The Labute approximate surface area is 160 Å². The number of carbonyl (C=O) groups excluding carboxylic acids is 1. The fourth-order valence-electron chi connectivity index (χ4n) is 4.02. The normalized spacial score (nSPS) is 19.4. The molecule has 6 heteroatoms. The number of methoxy groups -OCH3 is 1. The molecule has 0 bridgehead atoms. The molecule has 6 nitrogen and oxygen atoms in total. The molecule has 3 heterocycles. The molecule has 2 aliphatic rings. The number of hydrogen-bond acceptors (Lipinski definition) is 5. The van der Waals surface area contributed by atoms with Crippen LogP contribution in [0.5, 0.6) is 5.75 Å². The highest BCUT2D eigenvalue weighted by Gasteiger charge is 2.31. The van der Waals surface area contributed by atoms with Crippen molar-refractivity contribution in [3.8, 4) is 5.75 Å². The summed E-state index contributed by atoms with van der Waals surface area (Å²) < 4.78 is 5.41. The Balaban J connectivity index is 1.56. The van der Waals surface area contributed by atoms with Gasteiger partial charge in [-0.2, -0.15) is 0 Å². The third-order valence-electron chi connectivity index (χ3n) is 5.48. The van der Waals surface area contributed by atoms with Gasteiger partial charge in [0, 0.05) is 49.1 Å². The average molecular weight is 366 g/mol. The van der Waals surface area contributed by atoms with Crippen molar-refractivity contribution < 1.29 is 9.53 Å². The lowest BCUT2D eigenvalue weighted by Gasteiger charge is -2.35. The van der Waals surface area contributed by atoms with Gasteiger partial charge in [0.05, 0.1) is 19.6 Å². The van der Waals surface area contributed by atoms with E-state index in [2.05, 4.69) is 10.3 Å². The Bertz CT molecular complexity index is 824. The first-order valence-corrected chi connectivity index (χ1v) is 9.73. The summed E-state index contributed by atoms with van der Waals surface area (Å²) in [5.74, 6) is 1.67. The van der Waals surface area contributed by atoms with Gasteiger partial charge in [0.1, 0.15) is 5.75 Å². The van der Waals surface area contributed by atoms with Gasteiger partial charge in [-0.15, -0.1) is 0 Å². The molecule has 27 heavy (non-hydrogen) atoms. The summed E-state index contributed by atoms with van der Waals surface area (Å²) in [5, 5.41) is 3.35. The number of benzene rings is 1. The average Bonchev–Trinajstić information content (AvgIpc) is 2.73. The molecule has 0 saturated carbocycles. The predicted molar refractivity (Wildman–Crippen MR) is 102 cm³/mol. The van der Waals surface area contributed by atoms with Crippen LogP contribution in [-0.4, -0.2) is 41.0 Å². The number of fused-ring (bicyclic) bond motifs is 1. The number of para-hydroxylation sites is 1. The van der Waals surface area contributed by atoms with Gasteiger partial charge < -0.3 is 15.0 Å². The molecule has 1 N–H and O–H groups in total. The topological polar surface area (TPSA) is 67.3 Å². The molecule has 4 rings (SSSR count). The van der Waals surface area contributed by atoms with Gasteiger partial charge in [-0.25, -0.2) is 9.97 Å². The minimum absolute atomic E-state index is 0.0267. The highest BCUT2D eigenvalue weighted by atomic mass is 16.5. The summed E-state index contributed by atoms with van der Waals surface area (Å²) in [5.41, 5.74) is 3.22. The lowest BCUT2D eigenvalue weighted by atomic mass is 9.99. The fraction of sp³-hybridized carbons (Fsp3) is 0.476. The monoisotopic (exact) mass is 366 g/mol. The van der Waals surface area contributed by atoms with E-state index >= 15 is 0 Å². The first kappa shape index (κ1) is 17.9. The van der Waals surface area contributed by atoms with E-state index in [1.165, 1.54) is 5.56 Å². The number of rotatable bonds is 4. The first-order chi connectivity index (χ1) is 13.3. The molecule has 1 amide bonds. The quantitative estimate of drug-likeness (QED) is 0.900. The van der Waals surface area contributed by atoms with Gasteiger partial charge in [-0.05, 0) is 25.3 Å². The van der Waals surface area contributed by atoms with Gasteiger partial charge in [0.2, 0.25) is 5.91 Å². The number of hydrogen-bond donors (Lipinski definition) is 1. The van der Waals surface area contributed by atoms with E-state index < -0.39 is 0 Å². The van der Waals surface area contributed by atoms with Crippen molar-refractivity contribution in [1.29, 1.82) is 0 Å². The Morgan fingerprint density at radius 2 is 2.22 bits per heavy atom. The van der Waals surface area contributed by atoms with Crippen LogP contribution in [0.1, 0.15) is 47.9 Å². The van der Waals surface area contributed by atoms with Crippen molar-refractivity contribution in [3.05, 3.63) is 53.1 Å². The Kier molecular flexibility index (Phi) is 5.34. The van der Waals surface area contributed by atoms with Crippen LogP contribution in [0.25, 0.3) is 0 Å². The second-order valence-electron chi connectivity index (χ2n) is 7.21. The maximum Gasteiger partial charge on any atom is 0.227 e. The Morgan fingerprint density at radius 3 is 3.11 bits per heavy atom. The van der Waals surface area contributed by atoms with Crippen LogP contribution in [0.15, 0.2) is 30.5 Å². The predicted octanol–water partition coefficient (Wildman–Crippen LogP) is 2.43. The van der Waals surface area contributed by atoms with Crippen molar-refractivity contribution in [2.24, 2.45) is 0 Å². The number of amides is 1. The standard InChI is InChI=1S/C21H26N4O2/c1-27-19-8-3-2-6-15(19)12-20(26)25-11-5-4-7-18(25)21-23-14-16-13-22-10-9-17(16)24-21/h2-3,6,8,14,18,22H,4-5,7,9-13H2,1H3. The summed E-state index contributed by atoms with van der Waals surface area (Å²) in [6.45, 7) is 2.54. The van der Waals surface area contributed by atoms with Gasteiger partial charge in [-0.3, -0.25) is 4.79 Å². The molecule has 1 unspecified atom stereocenters. The van der Waals surface area contributed by atoms with Crippen LogP contribution < -0.4 is 10.1 Å². The number of piperidine rings is 1. The van der Waals surface area contributed by atoms with Crippen LogP contribution in [-0.2, 0) is 24.2 Å². The molecule has 1 fully saturated rings. The molecule has 0 spiro atoms. The lowest BCUT2D eigenvalue weighted by Crippen LogP contribution is -2.40. The zero-order valence-electron chi connectivity index (χ0n) is 15.8. The maximum atomic E-state index is 13.1. The maximum absolute atomic E-state index is 13.1. The van der Waals surface area contributed by atoms with Gasteiger partial charge in [0.25, 0.3) is 0 Å². The van der Waals surface area contributed by atoms with Crippen molar-refractivity contribution in [2.45, 2.75) is 44.7 Å². The summed E-state index contributed by atoms with van der Waals surface area (Å²) in [6, 6.07) is 7.70. The van der Waals surface area contributed by atoms with E-state index in [9.17, 15) is 4.79 Å². The number of nitrogens with zero attached hydrogens (tertiary/aromatic N) is 3. The number of ether oxygens (including phenoxy) is 1. The number of carbonyl (C=O) groups is 1. The van der Waals surface area contributed by atoms with E-state index in [1.54, 1.807) is 7.11 Å². The van der Waals surface area contributed by atoms with E-state index in [1.807, 2.05) is 35.4 Å². The van der Waals surface area contributed by atoms with Crippen molar-refractivity contribution >= 4 is 5.91 Å². The second-order valence-corrected chi connectivity index (χ2v) is 7.21. The molecule has 2 aromatic rings. The van der Waals surface area contributed by atoms with Crippen molar-refractivity contribution in [3.63, 3.8) is 0 Å². The Morgan fingerprint density at radius 1 is 1.33 bits per heavy atom. The van der Waals surface area contributed by atoms with E-state index in [-0.39, 0.29) is 11.9 Å². The molecule has 142 valence electrons. The fourth-order valence-corrected chi connectivity index (χ4v) is 4.02. The summed E-state index contributed by atoms with van der Waals surface area (Å²) >= 11 is 0. The van der Waals surface area contributed by atoms with Crippen molar-refractivity contribution in [2.75, 3.05) is 20.2 Å². The number of aromatic nitrogens is 2. The molecule has 1 aromatic carbocycles. The molecule has 1 saturated heterocycles. The summed E-state index contributed by atoms with van der Waals surface area (Å²) in [6.07, 6.45) is 6.26. The smallest absolute Gasteiger partial charge is 0.227 e. The minimum atomic E-state index is -0.0267. The zero-order valence-corrected chi connectivity index (χ0v) is 15.8. The van der Waals surface area contributed by atoms with E-state index in [0.29, 0.717) is 6.42 Å². The minimum Gasteiger partial charge on any atom is -0.496 e. The molecular weight excluding hydrogens is 340 g/mol. The highest BCUT2D eigenvalue weighted by molar-refractivity contribution is 5.80.